The molecule has 84 valence electrons. The molecule has 2 nitrogen and oxygen atoms in total. The summed E-state index contributed by atoms with van der Waals surface area (Å²) < 4.78 is 6.35. The topological polar surface area (TPSA) is 29.5 Å². The van der Waals surface area contributed by atoms with Crippen molar-refractivity contribution in [1.82, 2.24) is 0 Å². The zero-order chi connectivity index (χ0) is 11.1. The van der Waals surface area contributed by atoms with Crippen molar-refractivity contribution < 1.29 is 9.84 Å². The van der Waals surface area contributed by atoms with Crippen molar-refractivity contribution in [2.24, 2.45) is 0 Å². The molecule has 1 aromatic heterocycles. The van der Waals surface area contributed by atoms with E-state index in [1.54, 1.807) is 0 Å². The number of halogens is 1. The number of ether oxygens (including phenoxy) is 1. The predicted molar refractivity (Wildman–Crippen MR) is 62.5 cm³/mol. The molecular formula is C11H15ClO2S. The van der Waals surface area contributed by atoms with Crippen molar-refractivity contribution in [2.75, 3.05) is 0 Å². The molecule has 15 heavy (non-hydrogen) atoms. The Labute approximate surface area is 98.8 Å². The molecule has 0 spiro atoms. The molecule has 2 heterocycles. The molecule has 1 aromatic rings. The van der Waals surface area contributed by atoms with Gasteiger partial charge in [-0.15, -0.1) is 11.3 Å². The van der Waals surface area contributed by atoms with Crippen LogP contribution < -0.4 is 0 Å². The zero-order valence-corrected chi connectivity index (χ0v) is 10.4. The lowest BCUT2D eigenvalue weighted by molar-refractivity contribution is -0.134. The van der Waals surface area contributed by atoms with Gasteiger partial charge in [-0.2, -0.15) is 0 Å². The van der Waals surface area contributed by atoms with Gasteiger partial charge in [0.25, 0.3) is 0 Å². The molecule has 0 saturated carbocycles. The molecule has 2 atom stereocenters. The second-order valence-electron chi connectivity index (χ2n) is 4.30. The van der Waals surface area contributed by atoms with Crippen LogP contribution in [0.1, 0.15) is 31.6 Å². The highest BCUT2D eigenvalue weighted by Crippen LogP contribution is 2.41. The third-order valence-corrected chi connectivity index (χ3v) is 4.17. The van der Waals surface area contributed by atoms with Gasteiger partial charge in [0.05, 0.1) is 16.5 Å². The fraction of sp³-hybridized carbons (Fsp3) is 0.636. The summed E-state index contributed by atoms with van der Waals surface area (Å²) >= 11 is 7.35. The average molecular weight is 247 g/mol. The molecule has 0 aromatic carbocycles. The van der Waals surface area contributed by atoms with Crippen molar-refractivity contribution in [2.45, 2.75) is 44.5 Å². The second kappa shape index (κ2) is 4.06. The molecule has 2 unspecified atom stereocenters. The molecule has 0 radical (unpaired) electrons. The molecule has 1 aliphatic heterocycles. The first kappa shape index (κ1) is 11.4. The van der Waals surface area contributed by atoms with Crippen LogP contribution in [0, 0.1) is 0 Å². The van der Waals surface area contributed by atoms with Crippen LogP contribution in [0.5, 0.6) is 0 Å². The van der Waals surface area contributed by atoms with Gasteiger partial charge in [0.2, 0.25) is 0 Å². The van der Waals surface area contributed by atoms with Gasteiger partial charge in [0.15, 0.2) is 0 Å². The Balaban J connectivity index is 2.25. The van der Waals surface area contributed by atoms with Crippen molar-refractivity contribution in [1.29, 1.82) is 0 Å². The molecule has 1 saturated heterocycles. The summed E-state index contributed by atoms with van der Waals surface area (Å²) in [5.41, 5.74) is -0.755. The largest absolute Gasteiger partial charge is 0.384 e. The minimum absolute atomic E-state index is 0.0969. The van der Waals surface area contributed by atoms with Crippen LogP contribution in [0.4, 0.5) is 0 Å². The number of rotatable bonds is 1. The summed E-state index contributed by atoms with van der Waals surface area (Å²) in [7, 11) is 0. The van der Waals surface area contributed by atoms with Crippen LogP contribution in [-0.2, 0) is 10.3 Å². The molecule has 0 aliphatic carbocycles. The maximum atomic E-state index is 10.6. The van der Waals surface area contributed by atoms with Gasteiger partial charge >= 0.3 is 0 Å². The second-order valence-corrected chi connectivity index (χ2v) is 6.02. The monoisotopic (exact) mass is 246 g/mol. The highest BCUT2D eigenvalue weighted by Gasteiger charge is 2.39. The number of aliphatic hydroxyl groups is 1. The van der Waals surface area contributed by atoms with Gasteiger partial charge in [0, 0.05) is 17.7 Å². The summed E-state index contributed by atoms with van der Waals surface area (Å²) in [4.78, 5) is 0.953. The maximum Gasteiger partial charge on any atom is 0.104 e. The number of hydrogen-bond acceptors (Lipinski definition) is 3. The van der Waals surface area contributed by atoms with Crippen molar-refractivity contribution in [3.05, 3.63) is 21.3 Å². The van der Waals surface area contributed by atoms with E-state index < -0.39 is 5.60 Å². The van der Waals surface area contributed by atoms with Gasteiger partial charge in [-0.25, -0.2) is 0 Å². The van der Waals surface area contributed by atoms with E-state index in [2.05, 4.69) is 0 Å². The van der Waals surface area contributed by atoms with E-state index in [0.29, 0.717) is 12.8 Å². The Bertz CT molecular complexity index is 340. The minimum atomic E-state index is -0.755. The summed E-state index contributed by atoms with van der Waals surface area (Å²) in [5.74, 6) is 0. The SMILES string of the molecule is CC1CC(O)(c2ccc(Cl)s2)CC(C)O1. The predicted octanol–water partition coefficient (Wildman–Crippen LogP) is 3.18. The van der Waals surface area contributed by atoms with Crippen LogP contribution in [0.3, 0.4) is 0 Å². The molecule has 0 bridgehead atoms. The fourth-order valence-electron chi connectivity index (χ4n) is 2.29. The van der Waals surface area contributed by atoms with Crippen LogP contribution in [0.25, 0.3) is 0 Å². The Kier molecular flexibility index (Phi) is 3.08. The maximum absolute atomic E-state index is 10.6. The fourth-order valence-corrected chi connectivity index (χ4v) is 3.44. The Hall–Kier alpha value is -0.0900. The quantitative estimate of drug-likeness (QED) is 0.825. The first-order chi connectivity index (χ1) is 6.99. The molecule has 0 amide bonds. The van der Waals surface area contributed by atoms with Gasteiger partial charge < -0.3 is 9.84 Å². The highest BCUT2D eigenvalue weighted by atomic mass is 35.5. The first-order valence-electron chi connectivity index (χ1n) is 5.13. The lowest BCUT2D eigenvalue weighted by Gasteiger charge is -2.38. The lowest BCUT2D eigenvalue weighted by atomic mass is 9.86. The normalized spacial score (nSPS) is 36.8. The summed E-state index contributed by atoms with van der Waals surface area (Å²) in [6, 6.07) is 3.75. The van der Waals surface area contributed by atoms with E-state index in [9.17, 15) is 5.11 Å². The van der Waals surface area contributed by atoms with Crippen LogP contribution in [0.15, 0.2) is 12.1 Å². The van der Waals surface area contributed by atoms with Gasteiger partial charge in [-0.3, -0.25) is 0 Å². The van der Waals surface area contributed by atoms with E-state index in [1.165, 1.54) is 11.3 Å². The van der Waals surface area contributed by atoms with Gasteiger partial charge in [0.1, 0.15) is 5.60 Å². The molecule has 1 fully saturated rings. The Morgan fingerprint density at radius 1 is 1.40 bits per heavy atom. The van der Waals surface area contributed by atoms with Gasteiger partial charge in [-0.1, -0.05) is 11.6 Å². The smallest absolute Gasteiger partial charge is 0.104 e. The van der Waals surface area contributed by atoms with Crippen molar-refractivity contribution in [3.8, 4) is 0 Å². The minimum Gasteiger partial charge on any atom is -0.384 e. The highest BCUT2D eigenvalue weighted by molar-refractivity contribution is 7.16. The van der Waals surface area contributed by atoms with Gasteiger partial charge in [-0.05, 0) is 26.0 Å². The molecule has 1 aliphatic rings. The summed E-state index contributed by atoms with van der Waals surface area (Å²) in [5, 5.41) is 10.6. The van der Waals surface area contributed by atoms with Crippen LogP contribution in [0.2, 0.25) is 4.34 Å². The Morgan fingerprint density at radius 3 is 2.47 bits per heavy atom. The lowest BCUT2D eigenvalue weighted by Crippen LogP contribution is -2.40. The molecule has 1 N–H and O–H groups in total. The molecular weight excluding hydrogens is 232 g/mol. The molecule has 4 heteroatoms. The number of hydrogen-bond donors (Lipinski definition) is 1. The average Bonchev–Trinajstić information content (AvgIpc) is 2.49. The third kappa shape index (κ3) is 2.36. The van der Waals surface area contributed by atoms with E-state index in [0.717, 1.165) is 9.21 Å². The van der Waals surface area contributed by atoms with Crippen molar-refractivity contribution in [3.63, 3.8) is 0 Å². The zero-order valence-electron chi connectivity index (χ0n) is 8.87. The summed E-state index contributed by atoms with van der Waals surface area (Å²) in [6.45, 7) is 3.99. The summed E-state index contributed by atoms with van der Waals surface area (Å²) in [6.07, 6.45) is 1.49. The van der Waals surface area contributed by atoms with E-state index in [1.807, 2.05) is 26.0 Å². The van der Waals surface area contributed by atoms with Crippen LogP contribution >= 0.6 is 22.9 Å². The van der Waals surface area contributed by atoms with E-state index in [4.69, 9.17) is 16.3 Å². The van der Waals surface area contributed by atoms with Crippen molar-refractivity contribution >= 4 is 22.9 Å². The Morgan fingerprint density at radius 2 is 2.00 bits per heavy atom. The first-order valence-corrected chi connectivity index (χ1v) is 6.33. The standard InChI is InChI=1S/C11H15ClO2S/c1-7-5-11(13,6-8(2)14-7)9-3-4-10(12)15-9/h3-4,7-8,13H,5-6H2,1-2H3. The third-order valence-electron chi connectivity index (χ3n) is 2.75. The van der Waals surface area contributed by atoms with Crippen LogP contribution in [-0.4, -0.2) is 17.3 Å². The van der Waals surface area contributed by atoms with E-state index in [-0.39, 0.29) is 12.2 Å². The van der Waals surface area contributed by atoms with E-state index >= 15 is 0 Å². The number of thiophene rings is 1. The molecule has 2 rings (SSSR count).